The lowest BCUT2D eigenvalue weighted by molar-refractivity contribution is -0.136. The van der Waals surface area contributed by atoms with Crippen LogP contribution >= 0.6 is 0 Å². The molecule has 4 nitrogen and oxygen atoms in total. The molecule has 0 bridgehead atoms. The zero-order valence-electron chi connectivity index (χ0n) is 8.76. The molecular weight excluding hydrogens is 208 g/mol. The number of benzene rings is 1. The highest BCUT2D eigenvalue weighted by Crippen LogP contribution is 2.19. The van der Waals surface area contributed by atoms with E-state index in [2.05, 4.69) is 0 Å². The second-order valence-corrected chi connectivity index (χ2v) is 3.39. The van der Waals surface area contributed by atoms with Crippen molar-refractivity contribution in [3.05, 3.63) is 41.5 Å². The Morgan fingerprint density at radius 1 is 1.31 bits per heavy atom. The Hall–Kier alpha value is -1.81. The van der Waals surface area contributed by atoms with Gasteiger partial charge in [0.15, 0.2) is 0 Å². The van der Waals surface area contributed by atoms with Crippen LogP contribution in [-0.2, 0) is 17.6 Å². The van der Waals surface area contributed by atoms with Gasteiger partial charge in [-0.05, 0) is 23.6 Å². The van der Waals surface area contributed by atoms with Crippen molar-refractivity contribution in [1.82, 2.24) is 0 Å². The Morgan fingerprint density at radius 3 is 2.69 bits per heavy atom. The second kappa shape index (κ2) is 5.92. The van der Waals surface area contributed by atoms with Crippen LogP contribution in [0.5, 0.6) is 5.75 Å². The van der Waals surface area contributed by atoms with E-state index in [1.165, 1.54) is 6.07 Å². The number of carbonyl (C=O) groups is 1. The molecule has 86 valence electrons. The first-order chi connectivity index (χ1) is 7.63. The van der Waals surface area contributed by atoms with Crippen molar-refractivity contribution < 1.29 is 20.1 Å². The Labute approximate surface area is 93.5 Å². The highest BCUT2D eigenvalue weighted by molar-refractivity contribution is 5.70. The molecule has 0 heterocycles. The van der Waals surface area contributed by atoms with Crippen LogP contribution in [0.25, 0.3) is 0 Å². The van der Waals surface area contributed by atoms with E-state index >= 15 is 0 Å². The molecule has 0 aromatic heterocycles. The van der Waals surface area contributed by atoms with Gasteiger partial charge in [-0.1, -0.05) is 24.3 Å². The van der Waals surface area contributed by atoms with E-state index in [4.69, 9.17) is 10.2 Å². The van der Waals surface area contributed by atoms with E-state index < -0.39 is 5.97 Å². The maximum absolute atomic E-state index is 10.5. The molecular formula is C12H14O4. The quantitative estimate of drug-likeness (QED) is 0.652. The van der Waals surface area contributed by atoms with Gasteiger partial charge in [-0.2, -0.15) is 0 Å². The van der Waals surface area contributed by atoms with Crippen molar-refractivity contribution in [1.29, 1.82) is 0 Å². The zero-order valence-corrected chi connectivity index (χ0v) is 8.76. The van der Waals surface area contributed by atoms with Crippen molar-refractivity contribution in [3.8, 4) is 5.75 Å². The van der Waals surface area contributed by atoms with Crippen LogP contribution in [-0.4, -0.2) is 27.9 Å². The van der Waals surface area contributed by atoms with Crippen LogP contribution in [0.3, 0.4) is 0 Å². The number of phenolic OH excluding ortho intramolecular Hbond substituents is 1. The molecule has 1 rings (SSSR count). The number of allylic oxidation sites excluding steroid dienone is 1. The molecule has 0 radical (unpaired) electrons. The standard InChI is InChI=1S/C12H14O4/c13-6-2-1-3-10-7-9(8-12(15)16)4-5-11(10)14/h1-2,4-5,7,13-14H,3,6,8H2,(H,15,16). The maximum Gasteiger partial charge on any atom is 0.307 e. The van der Waals surface area contributed by atoms with E-state index in [9.17, 15) is 9.90 Å². The molecule has 1 aromatic carbocycles. The van der Waals surface area contributed by atoms with Crippen molar-refractivity contribution in [2.75, 3.05) is 6.61 Å². The topological polar surface area (TPSA) is 77.8 Å². The van der Waals surface area contributed by atoms with Gasteiger partial charge in [0.1, 0.15) is 5.75 Å². The van der Waals surface area contributed by atoms with Gasteiger partial charge >= 0.3 is 5.97 Å². The van der Waals surface area contributed by atoms with Gasteiger partial charge in [0.05, 0.1) is 13.0 Å². The number of rotatable bonds is 5. The molecule has 0 amide bonds. The highest BCUT2D eigenvalue weighted by Gasteiger charge is 2.04. The number of carboxylic acids is 1. The fourth-order valence-electron chi connectivity index (χ4n) is 1.37. The average molecular weight is 222 g/mol. The second-order valence-electron chi connectivity index (χ2n) is 3.39. The predicted molar refractivity (Wildman–Crippen MR) is 59.4 cm³/mol. The van der Waals surface area contributed by atoms with Crippen molar-refractivity contribution in [2.24, 2.45) is 0 Å². The molecule has 0 atom stereocenters. The highest BCUT2D eigenvalue weighted by atomic mass is 16.4. The first-order valence-corrected chi connectivity index (χ1v) is 4.92. The largest absolute Gasteiger partial charge is 0.508 e. The summed E-state index contributed by atoms with van der Waals surface area (Å²) in [7, 11) is 0. The average Bonchev–Trinajstić information content (AvgIpc) is 2.22. The molecule has 3 N–H and O–H groups in total. The summed E-state index contributed by atoms with van der Waals surface area (Å²) < 4.78 is 0. The molecule has 0 saturated carbocycles. The molecule has 0 fully saturated rings. The lowest BCUT2D eigenvalue weighted by Gasteiger charge is -2.04. The van der Waals surface area contributed by atoms with Gasteiger partial charge in [0.25, 0.3) is 0 Å². The van der Waals surface area contributed by atoms with Gasteiger partial charge in [-0.25, -0.2) is 0 Å². The third kappa shape index (κ3) is 3.74. The fourth-order valence-corrected chi connectivity index (χ4v) is 1.37. The minimum Gasteiger partial charge on any atom is -0.508 e. The molecule has 0 aliphatic carbocycles. The van der Waals surface area contributed by atoms with Crippen LogP contribution < -0.4 is 0 Å². The molecule has 0 aliphatic rings. The zero-order chi connectivity index (χ0) is 12.0. The minimum absolute atomic E-state index is 0.0461. The van der Waals surface area contributed by atoms with Crippen LogP contribution in [0, 0.1) is 0 Å². The predicted octanol–water partition coefficient (Wildman–Crippen LogP) is 1.11. The number of carboxylic acid groups (broad SMARTS) is 1. The van der Waals surface area contributed by atoms with Crippen LogP contribution in [0.15, 0.2) is 30.4 Å². The van der Waals surface area contributed by atoms with Gasteiger partial charge in [-0.3, -0.25) is 4.79 Å². The van der Waals surface area contributed by atoms with Crippen LogP contribution in [0.1, 0.15) is 11.1 Å². The number of aliphatic hydroxyl groups excluding tert-OH is 1. The van der Waals surface area contributed by atoms with E-state index in [-0.39, 0.29) is 18.8 Å². The lowest BCUT2D eigenvalue weighted by Crippen LogP contribution is -2.00. The Bertz CT molecular complexity index is 396. The van der Waals surface area contributed by atoms with Crippen molar-refractivity contribution >= 4 is 5.97 Å². The summed E-state index contributed by atoms with van der Waals surface area (Å²) in [5.41, 5.74) is 1.31. The van der Waals surface area contributed by atoms with E-state index in [1.54, 1.807) is 24.3 Å². The SMILES string of the molecule is O=C(O)Cc1ccc(O)c(CC=CCO)c1. The van der Waals surface area contributed by atoms with Crippen LogP contribution in [0.2, 0.25) is 0 Å². The van der Waals surface area contributed by atoms with Crippen LogP contribution in [0.4, 0.5) is 0 Å². The van der Waals surface area contributed by atoms with Gasteiger partial charge < -0.3 is 15.3 Å². The first kappa shape index (κ1) is 12.3. The molecule has 0 saturated heterocycles. The van der Waals surface area contributed by atoms with Crippen molar-refractivity contribution in [2.45, 2.75) is 12.8 Å². The summed E-state index contributed by atoms with van der Waals surface area (Å²) in [4.78, 5) is 10.5. The normalized spacial score (nSPS) is 10.8. The number of aromatic hydroxyl groups is 1. The molecule has 0 spiro atoms. The summed E-state index contributed by atoms with van der Waals surface area (Å²) in [5, 5.41) is 26.7. The number of aliphatic hydroxyl groups is 1. The minimum atomic E-state index is -0.900. The van der Waals surface area contributed by atoms with E-state index in [1.807, 2.05) is 0 Å². The monoisotopic (exact) mass is 222 g/mol. The number of hydrogen-bond donors (Lipinski definition) is 3. The summed E-state index contributed by atoms with van der Waals surface area (Å²) >= 11 is 0. The van der Waals surface area contributed by atoms with Crippen molar-refractivity contribution in [3.63, 3.8) is 0 Å². The number of aliphatic carboxylic acids is 1. The van der Waals surface area contributed by atoms with Gasteiger partial charge in [-0.15, -0.1) is 0 Å². The summed E-state index contributed by atoms with van der Waals surface area (Å²) in [5.74, 6) is -0.765. The third-order valence-electron chi connectivity index (χ3n) is 2.11. The first-order valence-electron chi connectivity index (χ1n) is 4.92. The van der Waals surface area contributed by atoms with E-state index in [0.29, 0.717) is 17.5 Å². The Morgan fingerprint density at radius 2 is 2.06 bits per heavy atom. The third-order valence-corrected chi connectivity index (χ3v) is 2.11. The molecule has 0 aliphatic heterocycles. The summed E-state index contributed by atoms with van der Waals surface area (Å²) in [6.07, 6.45) is 3.71. The Balaban J connectivity index is 2.81. The Kier molecular flexibility index (Phi) is 4.54. The molecule has 1 aromatic rings. The smallest absolute Gasteiger partial charge is 0.307 e. The van der Waals surface area contributed by atoms with E-state index in [0.717, 1.165) is 0 Å². The number of hydrogen-bond acceptors (Lipinski definition) is 3. The molecule has 0 unspecified atom stereocenters. The lowest BCUT2D eigenvalue weighted by atomic mass is 10.0. The summed E-state index contributed by atoms with van der Waals surface area (Å²) in [6, 6.07) is 4.73. The van der Waals surface area contributed by atoms with Gasteiger partial charge in [0.2, 0.25) is 0 Å². The van der Waals surface area contributed by atoms with Gasteiger partial charge in [0, 0.05) is 0 Å². The summed E-state index contributed by atoms with van der Waals surface area (Å²) in [6.45, 7) is -0.0461. The number of phenols is 1. The molecule has 16 heavy (non-hydrogen) atoms. The fraction of sp³-hybridized carbons (Fsp3) is 0.250. The molecule has 4 heteroatoms. The maximum atomic E-state index is 10.5.